The number of ether oxygens (including phenoxy) is 2. The van der Waals surface area contributed by atoms with Gasteiger partial charge in [-0.05, 0) is 6.92 Å². The standard InChI is InChI=1S/C7H14N2O2/c1-2-9-7(8)6-5-10-3-4-11-6/h6H,2-5H2,1H3,(H2,8,9). The Hall–Kier alpha value is -0.610. The van der Waals surface area contributed by atoms with Crippen LogP contribution in [0, 0.1) is 0 Å². The maximum absolute atomic E-state index is 5.60. The zero-order valence-corrected chi connectivity index (χ0v) is 6.75. The second-order valence-electron chi connectivity index (χ2n) is 2.33. The predicted octanol–water partition coefficient (Wildman–Crippen LogP) is -0.221. The van der Waals surface area contributed by atoms with Gasteiger partial charge in [0.25, 0.3) is 0 Å². The molecule has 4 nitrogen and oxygen atoms in total. The van der Waals surface area contributed by atoms with E-state index >= 15 is 0 Å². The highest BCUT2D eigenvalue weighted by molar-refractivity contribution is 5.85. The van der Waals surface area contributed by atoms with Crippen molar-refractivity contribution in [2.24, 2.45) is 10.7 Å². The summed E-state index contributed by atoms with van der Waals surface area (Å²) in [5.74, 6) is 0.548. The van der Waals surface area contributed by atoms with E-state index < -0.39 is 0 Å². The number of rotatable bonds is 2. The van der Waals surface area contributed by atoms with E-state index in [4.69, 9.17) is 15.2 Å². The molecule has 1 saturated heterocycles. The highest BCUT2D eigenvalue weighted by Crippen LogP contribution is 2.00. The fourth-order valence-corrected chi connectivity index (χ4v) is 0.943. The Kier molecular flexibility index (Phi) is 3.32. The molecule has 1 atom stereocenters. The second-order valence-corrected chi connectivity index (χ2v) is 2.33. The van der Waals surface area contributed by atoms with Crippen LogP contribution < -0.4 is 5.73 Å². The van der Waals surface area contributed by atoms with E-state index in [1.54, 1.807) is 0 Å². The minimum Gasteiger partial charge on any atom is -0.385 e. The molecule has 0 bridgehead atoms. The van der Waals surface area contributed by atoms with Crippen LogP contribution in [0.25, 0.3) is 0 Å². The Bertz CT molecular complexity index is 141. The van der Waals surface area contributed by atoms with Crippen molar-refractivity contribution in [2.75, 3.05) is 26.4 Å². The lowest BCUT2D eigenvalue weighted by Crippen LogP contribution is -2.40. The average Bonchev–Trinajstić information content (AvgIpc) is 2.07. The van der Waals surface area contributed by atoms with E-state index in [-0.39, 0.29) is 6.10 Å². The van der Waals surface area contributed by atoms with Crippen molar-refractivity contribution in [1.29, 1.82) is 0 Å². The fourth-order valence-electron chi connectivity index (χ4n) is 0.943. The van der Waals surface area contributed by atoms with Gasteiger partial charge in [-0.1, -0.05) is 0 Å². The van der Waals surface area contributed by atoms with Crippen molar-refractivity contribution >= 4 is 5.84 Å². The first-order chi connectivity index (χ1) is 5.34. The highest BCUT2D eigenvalue weighted by Gasteiger charge is 2.17. The van der Waals surface area contributed by atoms with E-state index in [1.165, 1.54) is 0 Å². The Morgan fingerprint density at radius 3 is 3.00 bits per heavy atom. The molecule has 1 heterocycles. The summed E-state index contributed by atoms with van der Waals surface area (Å²) in [6.07, 6.45) is -0.122. The summed E-state index contributed by atoms with van der Waals surface area (Å²) in [6.45, 7) is 4.46. The largest absolute Gasteiger partial charge is 0.385 e. The molecule has 1 aliphatic rings. The van der Waals surface area contributed by atoms with Crippen LogP contribution >= 0.6 is 0 Å². The van der Waals surface area contributed by atoms with Crippen LogP contribution in [-0.2, 0) is 9.47 Å². The molecule has 1 unspecified atom stereocenters. The molecule has 0 saturated carbocycles. The topological polar surface area (TPSA) is 56.8 Å². The number of hydrogen-bond donors (Lipinski definition) is 1. The van der Waals surface area contributed by atoms with Crippen LogP contribution in [0.1, 0.15) is 6.92 Å². The van der Waals surface area contributed by atoms with Gasteiger partial charge < -0.3 is 15.2 Å². The van der Waals surface area contributed by atoms with Crippen LogP contribution in [0.3, 0.4) is 0 Å². The molecular formula is C7H14N2O2. The lowest BCUT2D eigenvalue weighted by Gasteiger charge is -2.22. The minimum atomic E-state index is -0.122. The number of nitrogens with two attached hydrogens (primary N) is 1. The average molecular weight is 158 g/mol. The van der Waals surface area contributed by atoms with E-state index in [0.29, 0.717) is 32.2 Å². The van der Waals surface area contributed by atoms with E-state index in [0.717, 1.165) is 0 Å². The molecule has 4 heteroatoms. The van der Waals surface area contributed by atoms with Crippen molar-refractivity contribution in [3.8, 4) is 0 Å². The first-order valence-electron chi connectivity index (χ1n) is 3.83. The molecule has 0 radical (unpaired) electrons. The van der Waals surface area contributed by atoms with E-state index in [1.807, 2.05) is 6.92 Å². The predicted molar refractivity (Wildman–Crippen MR) is 42.7 cm³/mol. The summed E-state index contributed by atoms with van der Waals surface area (Å²) in [5, 5.41) is 0. The summed E-state index contributed by atoms with van der Waals surface area (Å²) >= 11 is 0. The number of nitrogens with zero attached hydrogens (tertiary/aromatic N) is 1. The number of amidine groups is 1. The smallest absolute Gasteiger partial charge is 0.137 e. The van der Waals surface area contributed by atoms with Crippen LogP contribution in [0.4, 0.5) is 0 Å². The molecule has 1 fully saturated rings. The molecule has 0 aliphatic carbocycles. The Balaban J connectivity index is 2.38. The van der Waals surface area contributed by atoms with Gasteiger partial charge in [0, 0.05) is 6.54 Å². The van der Waals surface area contributed by atoms with Crippen molar-refractivity contribution in [3.05, 3.63) is 0 Å². The molecule has 64 valence electrons. The van der Waals surface area contributed by atoms with Crippen LogP contribution in [0.5, 0.6) is 0 Å². The highest BCUT2D eigenvalue weighted by atomic mass is 16.6. The van der Waals surface area contributed by atoms with Crippen LogP contribution in [-0.4, -0.2) is 38.3 Å². The SMILES string of the molecule is CCN=C(N)C1COCCO1. The molecule has 2 N–H and O–H groups in total. The Morgan fingerprint density at radius 1 is 1.64 bits per heavy atom. The van der Waals surface area contributed by atoms with Gasteiger partial charge in [0.2, 0.25) is 0 Å². The van der Waals surface area contributed by atoms with Gasteiger partial charge >= 0.3 is 0 Å². The Morgan fingerprint density at radius 2 is 2.45 bits per heavy atom. The van der Waals surface area contributed by atoms with Gasteiger partial charge in [-0.25, -0.2) is 0 Å². The summed E-state index contributed by atoms with van der Waals surface area (Å²) < 4.78 is 10.5. The molecular weight excluding hydrogens is 144 g/mol. The molecule has 0 aromatic heterocycles. The molecule has 1 rings (SSSR count). The minimum absolute atomic E-state index is 0.122. The van der Waals surface area contributed by atoms with Crippen LogP contribution in [0.2, 0.25) is 0 Å². The quantitative estimate of drug-likeness (QED) is 0.446. The van der Waals surface area contributed by atoms with Gasteiger partial charge in [-0.15, -0.1) is 0 Å². The van der Waals surface area contributed by atoms with Gasteiger partial charge in [0.05, 0.1) is 19.8 Å². The maximum Gasteiger partial charge on any atom is 0.137 e. The molecule has 1 aliphatic heterocycles. The normalized spacial score (nSPS) is 27.0. The van der Waals surface area contributed by atoms with E-state index in [9.17, 15) is 0 Å². The van der Waals surface area contributed by atoms with E-state index in [2.05, 4.69) is 4.99 Å². The van der Waals surface area contributed by atoms with Gasteiger partial charge in [0.15, 0.2) is 0 Å². The zero-order valence-electron chi connectivity index (χ0n) is 6.75. The third-order valence-electron chi connectivity index (χ3n) is 1.49. The van der Waals surface area contributed by atoms with Crippen molar-refractivity contribution in [2.45, 2.75) is 13.0 Å². The number of aliphatic imine (C=N–C) groups is 1. The maximum atomic E-state index is 5.60. The summed E-state index contributed by atoms with van der Waals surface area (Å²) in [6, 6.07) is 0. The monoisotopic (exact) mass is 158 g/mol. The van der Waals surface area contributed by atoms with Gasteiger partial charge in [-0.3, -0.25) is 4.99 Å². The van der Waals surface area contributed by atoms with Crippen molar-refractivity contribution in [3.63, 3.8) is 0 Å². The lowest BCUT2D eigenvalue weighted by atomic mass is 10.3. The zero-order chi connectivity index (χ0) is 8.10. The molecule has 11 heavy (non-hydrogen) atoms. The fraction of sp³-hybridized carbons (Fsp3) is 0.857. The first kappa shape index (κ1) is 8.49. The van der Waals surface area contributed by atoms with Crippen LogP contribution in [0.15, 0.2) is 4.99 Å². The molecule has 0 aromatic carbocycles. The van der Waals surface area contributed by atoms with Gasteiger partial charge in [0.1, 0.15) is 11.9 Å². The van der Waals surface area contributed by atoms with Crippen molar-refractivity contribution in [1.82, 2.24) is 0 Å². The van der Waals surface area contributed by atoms with Gasteiger partial charge in [-0.2, -0.15) is 0 Å². The number of hydrogen-bond acceptors (Lipinski definition) is 3. The molecule has 0 spiro atoms. The van der Waals surface area contributed by atoms with Crippen molar-refractivity contribution < 1.29 is 9.47 Å². The Labute approximate surface area is 66.4 Å². The lowest BCUT2D eigenvalue weighted by molar-refractivity contribution is -0.0598. The summed E-state index contributed by atoms with van der Waals surface area (Å²) in [5.41, 5.74) is 5.60. The molecule has 0 aromatic rings. The third-order valence-corrected chi connectivity index (χ3v) is 1.49. The summed E-state index contributed by atoms with van der Waals surface area (Å²) in [7, 11) is 0. The molecule has 0 amide bonds. The second kappa shape index (κ2) is 4.31. The summed E-state index contributed by atoms with van der Waals surface area (Å²) in [4.78, 5) is 4.04. The first-order valence-corrected chi connectivity index (χ1v) is 3.83. The third kappa shape index (κ3) is 2.48.